The van der Waals surface area contributed by atoms with Gasteiger partial charge in [0.1, 0.15) is 6.10 Å². The number of hydrogen-bond acceptors (Lipinski definition) is 2. The fraction of sp³-hybridized carbons (Fsp3) is 0.500. The number of carbonyl (C=O) groups is 1. The Bertz CT molecular complexity index is 360. The maximum absolute atomic E-state index is 11.5. The molecule has 0 saturated heterocycles. The zero-order chi connectivity index (χ0) is 12.1. The number of hydrogen-bond donors (Lipinski definition) is 2. The molecule has 2 N–H and O–H groups in total. The van der Waals surface area contributed by atoms with Gasteiger partial charge < -0.3 is 10.4 Å². The van der Waals surface area contributed by atoms with Crippen molar-refractivity contribution in [2.45, 2.75) is 44.2 Å². The molecule has 0 radical (unpaired) electrons. The Labute approximate surface area is 102 Å². The van der Waals surface area contributed by atoms with Crippen molar-refractivity contribution < 1.29 is 9.90 Å². The first kappa shape index (κ1) is 12.1. The monoisotopic (exact) mass is 233 g/mol. The topological polar surface area (TPSA) is 49.3 Å². The zero-order valence-corrected chi connectivity index (χ0v) is 9.93. The first-order chi connectivity index (χ1) is 8.25. The summed E-state index contributed by atoms with van der Waals surface area (Å²) in [4.78, 5) is 11.5. The minimum atomic E-state index is -0.848. The third-order valence-electron chi connectivity index (χ3n) is 3.01. The molecule has 17 heavy (non-hydrogen) atoms. The van der Waals surface area contributed by atoms with Gasteiger partial charge in [-0.15, -0.1) is 0 Å². The smallest absolute Gasteiger partial charge is 0.249 e. The molecular weight excluding hydrogens is 214 g/mol. The summed E-state index contributed by atoms with van der Waals surface area (Å²) in [6, 6.07) is 10.5. The van der Waals surface area contributed by atoms with Crippen LogP contribution in [0.2, 0.25) is 0 Å². The van der Waals surface area contributed by atoms with Crippen LogP contribution in [0.1, 0.15) is 31.2 Å². The summed E-state index contributed by atoms with van der Waals surface area (Å²) < 4.78 is 0. The molecule has 1 fully saturated rings. The highest BCUT2D eigenvalue weighted by atomic mass is 16.3. The molecule has 1 amide bonds. The van der Waals surface area contributed by atoms with Crippen molar-refractivity contribution in [1.82, 2.24) is 5.32 Å². The molecule has 1 aromatic rings. The Morgan fingerprint density at radius 2 is 2.06 bits per heavy atom. The zero-order valence-electron chi connectivity index (χ0n) is 9.93. The van der Waals surface area contributed by atoms with Crippen molar-refractivity contribution >= 4 is 5.91 Å². The minimum absolute atomic E-state index is 0.208. The van der Waals surface area contributed by atoms with E-state index in [0.29, 0.717) is 12.5 Å². The SMILES string of the molecule is O=C(NC1CC1)C(O)CCCc1ccccc1. The van der Waals surface area contributed by atoms with E-state index in [1.807, 2.05) is 18.2 Å². The van der Waals surface area contributed by atoms with E-state index in [2.05, 4.69) is 17.4 Å². The normalized spacial score (nSPS) is 16.5. The summed E-state index contributed by atoms with van der Waals surface area (Å²) in [5.74, 6) is -0.208. The summed E-state index contributed by atoms with van der Waals surface area (Å²) in [6.45, 7) is 0. The quantitative estimate of drug-likeness (QED) is 0.785. The lowest BCUT2D eigenvalue weighted by Gasteiger charge is -2.10. The molecule has 0 bridgehead atoms. The van der Waals surface area contributed by atoms with Crippen LogP contribution < -0.4 is 5.32 Å². The first-order valence-corrected chi connectivity index (χ1v) is 6.28. The van der Waals surface area contributed by atoms with Crippen molar-refractivity contribution in [3.63, 3.8) is 0 Å². The van der Waals surface area contributed by atoms with Crippen LogP contribution in [0.5, 0.6) is 0 Å². The van der Waals surface area contributed by atoms with Gasteiger partial charge in [-0.2, -0.15) is 0 Å². The maximum Gasteiger partial charge on any atom is 0.249 e. The van der Waals surface area contributed by atoms with E-state index in [1.165, 1.54) is 5.56 Å². The molecule has 1 saturated carbocycles. The lowest BCUT2D eigenvalue weighted by Crippen LogP contribution is -2.35. The highest BCUT2D eigenvalue weighted by molar-refractivity contribution is 5.80. The van der Waals surface area contributed by atoms with Crippen LogP contribution in [-0.4, -0.2) is 23.2 Å². The summed E-state index contributed by atoms with van der Waals surface area (Å²) in [7, 11) is 0. The van der Waals surface area contributed by atoms with E-state index in [1.54, 1.807) is 0 Å². The fourth-order valence-corrected chi connectivity index (χ4v) is 1.80. The third-order valence-corrected chi connectivity index (χ3v) is 3.01. The van der Waals surface area contributed by atoms with Gasteiger partial charge in [0, 0.05) is 6.04 Å². The number of rotatable bonds is 6. The molecule has 0 aliphatic heterocycles. The Hall–Kier alpha value is -1.35. The summed E-state index contributed by atoms with van der Waals surface area (Å²) in [6.07, 6.45) is 3.55. The predicted molar refractivity (Wildman–Crippen MR) is 66.6 cm³/mol. The highest BCUT2D eigenvalue weighted by Gasteiger charge is 2.26. The Morgan fingerprint density at radius 1 is 1.35 bits per heavy atom. The number of carbonyl (C=O) groups excluding carboxylic acids is 1. The van der Waals surface area contributed by atoms with E-state index in [4.69, 9.17) is 0 Å². The van der Waals surface area contributed by atoms with Crippen LogP contribution in [0.3, 0.4) is 0 Å². The molecule has 92 valence electrons. The largest absolute Gasteiger partial charge is 0.383 e. The number of nitrogens with one attached hydrogen (secondary N) is 1. The molecule has 0 heterocycles. The van der Waals surface area contributed by atoms with Gasteiger partial charge in [-0.05, 0) is 37.7 Å². The van der Waals surface area contributed by atoms with E-state index < -0.39 is 6.10 Å². The molecule has 1 aromatic carbocycles. The lowest BCUT2D eigenvalue weighted by atomic mass is 10.1. The Balaban J connectivity index is 1.65. The number of aliphatic hydroxyl groups is 1. The van der Waals surface area contributed by atoms with Gasteiger partial charge in [-0.1, -0.05) is 30.3 Å². The molecule has 1 unspecified atom stereocenters. The second kappa shape index (κ2) is 5.82. The average molecular weight is 233 g/mol. The summed E-state index contributed by atoms with van der Waals surface area (Å²) in [5, 5.41) is 12.5. The molecule has 0 spiro atoms. The van der Waals surface area contributed by atoms with Crippen LogP contribution in [0.15, 0.2) is 30.3 Å². The number of benzene rings is 1. The standard InChI is InChI=1S/C14H19NO2/c16-13(14(17)15-12-9-10-12)8-4-7-11-5-2-1-3-6-11/h1-3,5-6,12-13,16H,4,7-10H2,(H,15,17). The van der Waals surface area contributed by atoms with Gasteiger partial charge >= 0.3 is 0 Å². The van der Waals surface area contributed by atoms with Gasteiger partial charge in [-0.3, -0.25) is 4.79 Å². The first-order valence-electron chi connectivity index (χ1n) is 6.28. The fourth-order valence-electron chi connectivity index (χ4n) is 1.80. The van der Waals surface area contributed by atoms with Crippen LogP contribution in [0, 0.1) is 0 Å². The maximum atomic E-state index is 11.5. The van der Waals surface area contributed by atoms with Crippen molar-refractivity contribution in [1.29, 1.82) is 0 Å². The van der Waals surface area contributed by atoms with Crippen LogP contribution in [0.4, 0.5) is 0 Å². The molecule has 3 nitrogen and oxygen atoms in total. The Kier molecular flexibility index (Phi) is 4.15. The number of aryl methyl sites for hydroxylation is 1. The molecule has 1 atom stereocenters. The number of amides is 1. The molecule has 3 heteroatoms. The Morgan fingerprint density at radius 3 is 2.71 bits per heavy atom. The second-order valence-corrected chi connectivity index (χ2v) is 4.68. The van der Waals surface area contributed by atoms with Gasteiger partial charge in [0.05, 0.1) is 0 Å². The lowest BCUT2D eigenvalue weighted by molar-refractivity contribution is -0.129. The van der Waals surface area contributed by atoms with E-state index in [0.717, 1.165) is 25.7 Å². The van der Waals surface area contributed by atoms with E-state index >= 15 is 0 Å². The van der Waals surface area contributed by atoms with Crippen LogP contribution in [0.25, 0.3) is 0 Å². The molecule has 2 rings (SSSR count). The predicted octanol–water partition coefficient (Wildman–Crippen LogP) is 1.65. The summed E-state index contributed by atoms with van der Waals surface area (Å²) in [5.41, 5.74) is 1.25. The third kappa shape index (κ3) is 4.19. The second-order valence-electron chi connectivity index (χ2n) is 4.68. The van der Waals surface area contributed by atoms with Crippen molar-refractivity contribution in [3.8, 4) is 0 Å². The van der Waals surface area contributed by atoms with Crippen LogP contribution in [-0.2, 0) is 11.2 Å². The molecule has 1 aliphatic carbocycles. The molecule has 0 aromatic heterocycles. The van der Waals surface area contributed by atoms with Gasteiger partial charge in [-0.25, -0.2) is 0 Å². The summed E-state index contributed by atoms with van der Waals surface area (Å²) >= 11 is 0. The van der Waals surface area contributed by atoms with Gasteiger partial charge in [0.25, 0.3) is 0 Å². The molecule has 1 aliphatic rings. The highest BCUT2D eigenvalue weighted by Crippen LogP contribution is 2.19. The number of aliphatic hydroxyl groups excluding tert-OH is 1. The van der Waals surface area contributed by atoms with E-state index in [9.17, 15) is 9.90 Å². The van der Waals surface area contributed by atoms with Gasteiger partial charge in [0.2, 0.25) is 5.91 Å². The average Bonchev–Trinajstić information content (AvgIpc) is 3.14. The van der Waals surface area contributed by atoms with Crippen LogP contribution >= 0.6 is 0 Å². The van der Waals surface area contributed by atoms with Gasteiger partial charge in [0.15, 0.2) is 0 Å². The van der Waals surface area contributed by atoms with Crippen molar-refractivity contribution in [2.24, 2.45) is 0 Å². The minimum Gasteiger partial charge on any atom is -0.383 e. The van der Waals surface area contributed by atoms with E-state index in [-0.39, 0.29) is 5.91 Å². The van der Waals surface area contributed by atoms with Crippen molar-refractivity contribution in [2.75, 3.05) is 0 Å². The molecular formula is C14H19NO2. The van der Waals surface area contributed by atoms with Crippen molar-refractivity contribution in [3.05, 3.63) is 35.9 Å².